The first-order valence-electron chi connectivity index (χ1n) is 11.5. The molecule has 0 aliphatic carbocycles. The van der Waals surface area contributed by atoms with E-state index in [0.717, 1.165) is 62.3 Å². The van der Waals surface area contributed by atoms with Crippen LogP contribution in [0, 0.1) is 13.8 Å². The van der Waals surface area contributed by atoms with Gasteiger partial charge in [0.1, 0.15) is 11.6 Å². The molecule has 1 amide bonds. The first-order chi connectivity index (χ1) is 15.1. The Kier molecular flexibility index (Phi) is 8.51. The molecule has 0 aliphatic rings. The number of nitrogens with one attached hydrogen (secondary N) is 1. The van der Waals surface area contributed by atoms with Crippen molar-refractivity contribution < 1.29 is 9.53 Å². The van der Waals surface area contributed by atoms with Crippen LogP contribution in [0.15, 0.2) is 42.5 Å². The number of amides is 1. The number of aryl methyl sites for hydroxylation is 4. The highest BCUT2D eigenvalue weighted by molar-refractivity contribution is 5.76. The molecule has 0 saturated heterocycles. The maximum absolute atomic E-state index is 11.7. The van der Waals surface area contributed by atoms with E-state index in [4.69, 9.17) is 9.72 Å². The van der Waals surface area contributed by atoms with Gasteiger partial charge in [-0.1, -0.05) is 37.3 Å². The molecule has 5 nitrogen and oxygen atoms in total. The number of fused-ring (bicyclic) bond motifs is 1. The number of imidazole rings is 1. The summed E-state index contributed by atoms with van der Waals surface area (Å²) < 4.78 is 8.40. The number of unbranched alkanes of at least 4 members (excludes halogenated alkanes) is 1. The molecule has 0 radical (unpaired) electrons. The number of hydrogen-bond donors (Lipinski definition) is 1. The summed E-state index contributed by atoms with van der Waals surface area (Å²) in [6.45, 7) is 8.56. The Morgan fingerprint density at radius 1 is 1.03 bits per heavy atom. The molecular formula is C26H35N3O2. The molecule has 0 aliphatic heterocycles. The molecule has 2 aromatic carbocycles. The van der Waals surface area contributed by atoms with Crippen LogP contribution < -0.4 is 10.1 Å². The summed E-state index contributed by atoms with van der Waals surface area (Å²) in [5, 5.41) is 3.00. The van der Waals surface area contributed by atoms with Crippen molar-refractivity contribution >= 4 is 16.9 Å². The fraction of sp³-hybridized carbons (Fsp3) is 0.462. The molecule has 31 heavy (non-hydrogen) atoms. The number of nitrogens with zero attached hydrogens (tertiary/aromatic N) is 2. The summed E-state index contributed by atoms with van der Waals surface area (Å²) in [4.78, 5) is 16.5. The number of aromatic nitrogens is 2. The van der Waals surface area contributed by atoms with Crippen LogP contribution in [0.4, 0.5) is 0 Å². The summed E-state index contributed by atoms with van der Waals surface area (Å²) in [5.74, 6) is 2.25. The lowest BCUT2D eigenvalue weighted by atomic mass is 10.1. The van der Waals surface area contributed by atoms with Crippen LogP contribution in [0.25, 0.3) is 11.0 Å². The van der Waals surface area contributed by atoms with Crippen molar-refractivity contribution in [3.63, 3.8) is 0 Å². The first kappa shape index (κ1) is 22.9. The van der Waals surface area contributed by atoms with Gasteiger partial charge >= 0.3 is 0 Å². The van der Waals surface area contributed by atoms with Gasteiger partial charge in [-0.25, -0.2) is 4.98 Å². The Balaban J connectivity index is 1.54. The molecule has 3 aromatic rings. The van der Waals surface area contributed by atoms with Gasteiger partial charge in [0.15, 0.2) is 0 Å². The Morgan fingerprint density at radius 2 is 1.81 bits per heavy atom. The molecule has 0 unspecified atom stereocenters. The van der Waals surface area contributed by atoms with Crippen LogP contribution in [-0.2, 0) is 17.8 Å². The highest BCUT2D eigenvalue weighted by Crippen LogP contribution is 2.23. The Bertz CT molecular complexity index is 973. The summed E-state index contributed by atoms with van der Waals surface area (Å²) in [5.41, 5.74) is 4.60. The lowest BCUT2D eigenvalue weighted by Gasteiger charge is -2.13. The van der Waals surface area contributed by atoms with Gasteiger partial charge in [0.2, 0.25) is 5.91 Å². The van der Waals surface area contributed by atoms with E-state index in [9.17, 15) is 4.79 Å². The van der Waals surface area contributed by atoms with Crippen LogP contribution >= 0.6 is 0 Å². The van der Waals surface area contributed by atoms with E-state index in [1.807, 2.05) is 13.0 Å². The van der Waals surface area contributed by atoms with Crippen LogP contribution in [0.1, 0.15) is 56.0 Å². The minimum atomic E-state index is 0.139. The number of ether oxygens (including phenoxy) is 1. The molecule has 5 heteroatoms. The summed E-state index contributed by atoms with van der Waals surface area (Å²) in [6, 6.07) is 14.6. The van der Waals surface area contributed by atoms with Crippen molar-refractivity contribution in [2.24, 2.45) is 0 Å². The van der Waals surface area contributed by atoms with Gasteiger partial charge in [-0.2, -0.15) is 0 Å². The number of para-hydroxylation sites is 3. The minimum absolute atomic E-state index is 0.139. The van der Waals surface area contributed by atoms with E-state index < -0.39 is 0 Å². The summed E-state index contributed by atoms with van der Waals surface area (Å²) in [7, 11) is 0. The van der Waals surface area contributed by atoms with Crippen molar-refractivity contribution in [1.29, 1.82) is 0 Å². The Morgan fingerprint density at radius 3 is 2.58 bits per heavy atom. The second-order valence-electron chi connectivity index (χ2n) is 8.15. The fourth-order valence-corrected chi connectivity index (χ4v) is 3.93. The maximum atomic E-state index is 11.7. The monoisotopic (exact) mass is 421 g/mol. The number of rotatable bonds is 12. The van der Waals surface area contributed by atoms with Crippen molar-refractivity contribution in [3.05, 3.63) is 59.4 Å². The standard InChI is InChI=1S/C26H35N3O2/c1-4-11-25(30)27-17-10-16-24-28-22-14-5-6-15-23(22)29(24)18-7-8-19-31-26-20(2)12-9-13-21(26)3/h5-6,9,12-15H,4,7-8,10-11,16-19H2,1-3H3,(H,27,30). The largest absolute Gasteiger partial charge is 0.493 e. The van der Waals surface area contributed by atoms with Crippen LogP contribution in [0.5, 0.6) is 5.75 Å². The number of benzene rings is 2. The summed E-state index contributed by atoms with van der Waals surface area (Å²) in [6.07, 6.45) is 5.27. The molecule has 1 heterocycles. The van der Waals surface area contributed by atoms with Gasteiger partial charge in [0.25, 0.3) is 0 Å². The Hall–Kier alpha value is -2.82. The predicted octanol–water partition coefficient (Wildman–Crippen LogP) is 5.36. The topological polar surface area (TPSA) is 56.2 Å². The molecule has 166 valence electrons. The molecule has 1 aromatic heterocycles. The minimum Gasteiger partial charge on any atom is -0.493 e. The van der Waals surface area contributed by atoms with Crippen molar-refractivity contribution in [2.45, 2.75) is 65.8 Å². The first-order valence-corrected chi connectivity index (χ1v) is 11.5. The van der Waals surface area contributed by atoms with Crippen LogP contribution in [-0.4, -0.2) is 28.6 Å². The van der Waals surface area contributed by atoms with Gasteiger partial charge in [0, 0.05) is 25.9 Å². The normalized spacial score (nSPS) is 11.1. The van der Waals surface area contributed by atoms with E-state index >= 15 is 0 Å². The third-order valence-corrected chi connectivity index (χ3v) is 5.54. The SMILES string of the molecule is CCCC(=O)NCCCc1nc2ccccc2n1CCCCOc1c(C)cccc1C. The molecule has 0 atom stereocenters. The van der Waals surface area contributed by atoms with Crippen molar-refractivity contribution in [3.8, 4) is 5.75 Å². The molecule has 0 spiro atoms. The van der Waals surface area contributed by atoms with Gasteiger partial charge in [-0.3, -0.25) is 4.79 Å². The molecule has 0 bridgehead atoms. The highest BCUT2D eigenvalue weighted by Gasteiger charge is 2.10. The zero-order valence-electron chi connectivity index (χ0n) is 19.1. The van der Waals surface area contributed by atoms with E-state index in [1.165, 1.54) is 16.6 Å². The van der Waals surface area contributed by atoms with E-state index in [1.54, 1.807) is 0 Å². The van der Waals surface area contributed by atoms with Crippen molar-refractivity contribution in [2.75, 3.05) is 13.2 Å². The maximum Gasteiger partial charge on any atom is 0.219 e. The molecule has 3 rings (SSSR count). The average Bonchev–Trinajstić information content (AvgIpc) is 3.10. The van der Waals surface area contributed by atoms with Gasteiger partial charge in [-0.15, -0.1) is 0 Å². The van der Waals surface area contributed by atoms with Crippen molar-refractivity contribution in [1.82, 2.24) is 14.9 Å². The summed E-state index contributed by atoms with van der Waals surface area (Å²) >= 11 is 0. The van der Waals surface area contributed by atoms with E-state index in [0.29, 0.717) is 13.0 Å². The lowest BCUT2D eigenvalue weighted by molar-refractivity contribution is -0.121. The van der Waals surface area contributed by atoms with Crippen LogP contribution in [0.2, 0.25) is 0 Å². The fourth-order valence-electron chi connectivity index (χ4n) is 3.93. The second kappa shape index (κ2) is 11.5. The molecule has 0 fully saturated rings. The van der Waals surface area contributed by atoms with Crippen LogP contribution in [0.3, 0.4) is 0 Å². The second-order valence-corrected chi connectivity index (χ2v) is 8.15. The third-order valence-electron chi connectivity index (χ3n) is 5.54. The van der Waals surface area contributed by atoms with Gasteiger partial charge in [0.05, 0.1) is 17.6 Å². The third kappa shape index (κ3) is 6.33. The number of carbonyl (C=O) groups is 1. The highest BCUT2D eigenvalue weighted by atomic mass is 16.5. The number of hydrogen-bond acceptors (Lipinski definition) is 3. The number of carbonyl (C=O) groups excluding carboxylic acids is 1. The molecule has 0 saturated carbocycles. The quantitative estimate of drug-likeness (QED) is 0.401. The zero-order valence-corrected chi connectivity index (χ0v) is 19.1. The predicted molar refractivity (Wildman–Crippen MR) is 127 cm³/mol. The van der Waals surface area contributed by atoms with Gasteiger partial charge < -0.3 is 14.6 Å². The molecular weight excluding hydrogens is 386 g/mol. The Labute approximate surface area is 185 Å². The van der Waals surface area contributed by atoms with E-state index in [-0.39, 0.29) is 5.91 Å². The molecule has 1 N–H and O–H groups in total. The smallest absolute Gasteiger partial charge is 0.219 e. The van der Waals surface area contributed by atoms with Gasteiger partial charge in [-0.05, 0) is 62.8 Å². The lowest BCUT2D eigenvalue weighted by Crippen LogP contribution is -2.24. The zero-order chi connectivity index (χ0) is 22.1. The average molecular weight is 422 g/mol. The van der Waals surface area contributed by atoms with E-state index in [2.05, 4.69) is 60.1 Å².